The maximum atomic E-state index is 11.3. The number of hydrogen-bond acceptors (Lipinski definition) is 1. The maximum Gasteiger partial charge on any atom is 0.0998 e. The topological polar surface area (TPSA) is 57.5 Å². The van der Waals surface area contributed by atoms with Crippen LogP contribution in [0.15, 0.2) is 29.2 Å². The minimum Gasteiger partial charge on any atom is -0.306 e. The van der Waals surface area contributed by atoms with E-state index in [0.717, 1.165) is 24.8 Å². The van der Waals surface area contributed by atoms with Crippen molar-refractivity contribution >= 4 is 10.5 Å². The maximum absolute atomic E-state index is 11.3. The average molecular weight is 331 g/mol. The van der Waals surface area contributed by atoms with Crippen molar-refractivity contribution in [2.24, 2.45) is 0 Å². The van der Waals surface area contributed by atoms with E-state index in [2.05, 4.69) is 6.92 Å². The fourth-order valence-corrected chi connectivity index (χ4v) is 2.94. The third kappa shape index (κ3) is 7.21. The molecule has 0 saturated carbocycles. The quantitative estimate of drug-likeness (QED) is 0.385. The van der Waals surface area contributed by atoms with Gasteiger partial charge in [0.1, 0.15) is 0 Å². The SMILES string of the molecule is CCCCCCCCc1ccccc1[SH](=O)(O)O.[Ni]. The van der Waals surface area contributed by atoms with Crippen LogP contribution in [0.3, 0.4) is 0 Å². The molecule has 0 radical (unpaired) electrons. The third-order valence-corrected chi connectivity index (χ3v) is 4.17. The van der Waals surface area contributed by atoms with Crippen molar-refractivity contribution in [1.82, 2.24) is 0 Å². The van der Waals surface area contributed by atoms with Crippen LogP contribution >= 0.6 is 0 Å². The molecule has 0 spiro atoms. The first kappa shape index (κ1) is 18.8. The van der Waals surface area contributed by atoms with Gasteiger partial charge in [0.05, 0.1) is 15.4 Å². The molecular formula is C14H24NiO3S. The summed E-state index contributed by atoms with van der Waals surface area (Å²) < 4.78 is 29.8. The molecule has 0 fully saturated rings. The number of benzene rings is 1. The van der Waals surface area contributed by atoms with Crippen molar-refractivity contribution in [3.63, 3.8) is 0 Å². The molecule has 114 valence electrons. The summed E-state index contributed by atoms with van der Waals surface area (Å²) in [4.78, 5) is 0.193. The van der Waals surface area contributed by atoms with Gasteiger partial charge in [-0.3, -0.25) is 0 Å². The number of unbranched alkanes of at least 4 members (excludes halogenated alkanes) is 5. The zero-order valence-electron chi connectivity index (χ0n) is 11.3. The van der Waals surface area contributed by atoms with Crippen molar-refractivity contribution < 1.29 is 29.8 Å². The van der Waals surface area contributed by atoms with Crippen LogP contribution in [-0.2, 0) is 33.4 Å². The van der Waals surface area contributed by atoms with Crippen LogP contribution in [0.4, 0.5) is 0 Å². The van der Waals surface area contributed by atoms with Crippen LogP contribution in [0.5, 0.6) is 0 Å². The van der Waals surface area contributed by atoms with E-state index in [4.69, 9.17) is 0 Å². The molecule has 19 heavy (non-hydrogen) atoms. The monoisotopic (exact) mass is 330 g/mol. The molecule has 1 aromatic carbocycles. The molecule has 0 saturated heterocycles. The molecular weight excluding hydrogens is 307 g/mol. The Labute approximate surface area is 127 Å². The summed E-state index contributed by atoms with van der Waals surface area (Å²) in [6.45, 7) is 2.19. The van der Waals surface area contributed by atoms with Gasteiger partial charge in [0, 0.05) is 16.5 Å². The summed E-state index contributed by atoms with van der Waals surface area (Å²) in [6.07, 6.45) is 7.88. The van der Waals surface area contributed by atoms with Gasteiger partial charge < -0.3 is 9.11 Å². The second-order valence-corrected chi connectivity index (χ2v) is 6.26. The largest absolute Gasteiger partial charge is 0.306 e. The predicted molar refractivity (Wildman–Crippen MR) is 76.6 cm³/mol. The first-order valence-electron chi connectivity index (χ1n) is 6.69. The Balaban J connectivity index is 0.00000324. The molecule has 1 aromatic rings. The summed E-state index contributed by atoms with van der Waals surface area (Å²) in [7, 11) is -4.12. The van der Waals surface area contributed by atoms with Gasteiger partial charge >= 0.3 is 0 Å². The molecule has 1 rings (SSSR count). The zero-order valence-corrected chi connectivity index (χ0v) is 13.2. The van der Waals surface area contributed by atoms with Crippen LogP contribution in [-0.4, -0.2) is 13.3 Å². The van der Waals surface area contributed by atoms with Gasteiger partial charge in [0.25, 0.3) is 0 Å². The standard InChI is InChI=1S/C14H24O3S.Ni/c1-2-3-4-5-6-7-10-13-11-8-9-12-14(13)18(15,16)17;/h8-9,11-12,18H,2-7,10H2,1H3,(H2,15,16,17);. The Bertz CT molecular complexity index is 403. The fourth-order valence-electron chi connectivity index (χ4n) is 2.10. The van der Waals surface area contributed by atoms with E-state index in [1.165, 1.54) is 31.7 Å². The van der Waals surface area contributed by atoms with E-state index < -0.39 is 10.5 Å². The van der Waals surface area contributed by atoms with Crippen molar-refractivity contribution in [2.75, 3.05) is 0 Å². The van der Waals surface area contributed by atoms with Crippen LogP contribution in [0.25, 0.3) is 0 Å². The molecule has 0 aliphatic rings. The molecule has 0 bridgehead atoms. The molecule has 0 amide bonds. The van der Waals surface area contributed by atoms with Gasteiger partial charge in [-0.1, -0.05) is 57.2 Å². The summed E-state index contributed by atoms with van der Waals surface area (Å²) >= 11 is 0. The second-order valence-electron chi connectivity index (χ2n) is 4.69. The molecule has 0 heterocycles. The molecule has 5 heteroatoms. The molecule has 0 aromatic heterocycles. The summed E-state index contributed by atoms with van der Waals surface area (Å²) in [5.74, 6) is 0. The second kappa shape index (κ2) is 9.65. The van der Waals surface area contributed by atoms with E-state index in [-0.39, 0.29) is 21.4 Å². The van der Waals surface area contributed by atoms with Gasteiger partial charge in [-0.2, -0.15) is 0 Å². The number of aryl methyl sites for hydroxylation is 1. The van der Waals surface area contributed by atoms with E-state index in [1.807, 2.05) is 12.1 Å². The van der Waals surface area contributed by atoms with Crippen LogP contribution in [0.2, 0.25) is 0 Å². The molecule has 0 atom stereocenters. The first-order valence-corrected chi connectivity index (χ1v) is 8.31. The Morgan fingerprint density at radius 2 is 1.58 bits per heavy atom. The van der Waals surface area contributed by atoms with E-state index in [9.17, 15) is 13.3 Å². The molecule has 2 N–H and O–H groups in total. The van der Waals surface area contributed by atoms with Crippen molar-refractivity contribution in [3.05, 3.63) is 29.8 Å². The van der Waals surface area contributed by atoms with Gasteiger partial charge in [-0.25, -0.2) is 4.21 Å². The molecule has 3 nitrogen and oxygen atoms in total. The van der Waals surface area contributed by atoms with E-state index in [0.29, 0.717) is 0 Å². The molecule has 0 aliphatic heterocycles. The van der Waals surface area contributed by atoms with E-state index >= 15 is 0 Å². The van der Waals surface area contributed by atoms with Gasteiger partial charge in [-0.15, -0.1) is 0 Å². The predicted octanol–water partition coefficient (Wildman–Crippen LogP) is 3.91. The minimum absolute atomic E-state index is 0. The van der Waals surface area contributed by atoms with Crippen molar-refractivity contribution in [3.8, 4) is 0 Å². The first-order chi connectivity index (χ1) is 8.55. The number of hydrogen-bond donors (Lipinski definition) is 3. The molecule has 0 aliphatic carbocycles. The van der Waals surface area contributed by atoms with Crippen LogP contribution in [0, 0.1) is 0 Å². The Morgan fingerprint density at radius 3 is 2.21 bits per heavy atom. The summed E-state index contributed by atoms with van der Waals surface area (Å²) in [6, 6.07) is 6.87. The number of thiol groups is 1. The normalized spacial score (nSPS) is 11.9. The smallest absolute Gasteiger partial charge is 0.0998 e. The summed E-state index contributed by atoms with van der Waals surface area (Å²) in [5.41, 5.74) is 0.793. The summed E-state index contributed by atoms with van der Waals surface area (Å²) in [5, 5.41) is 0. The Kier molecular flexibility index (Phi) is 9.54. The zero-order chi connectivity index (χ0) is 13.4. The molecule has 0 unspecified atom stereocenters. The van der Waals surface area contributed by atoms with Gasteiger partial charge in [-0.05, 0) is 24.5 Å². The average Bonchev–Trinajstić information content (AvgIpc) is 2.33. The Hall–Kier alpha value is -0.216. The van der Waals surface area contributed by atoms with Crippen LogP contribution < -0.4 is 0 Å². The third-order valence-electron chi connectivity index (χ3n) is 3.11. The van der Waals surface area contributed by atoms with Gasteiger partial charge in [0.15, 0.2) is 0 Å². The number of rotatable bonds is 8. The fraction of sp³-hybridized carbons (Fsp3) is 0.571. The van der Waals surface area contributed by atoms with Gasteiger partial charge in [0.2, 0.25) is 0 Å². The van der Waals surface area contributed by atoms with Crippen molar-refractivity contribution in [2.45, 2.75) is 56.8 Å². The Morgan fingerprint density at radius 1 is 1.00 bits per heavy atom. The van der Waals surface area contributed by atoms with E-state index in [1.54, 1.807) is 6.07 Å². The van der Waals surface area contributed by atoms with Crippen LogP contribution in [0.1, 0.15) is 51.0 Å². The minimum atomic E-state index is -4.12. The van der Waals surface area contributed by atoms with Crippen molar-refractivity contribution in [1.29, 1.82) is 0 Å².